The summed E-state index contributed by atoms with van der Waals surface area (Å²) in [5.41, 5.74) is 2.66. The molecule has 25 heavy (non-hydrogen) atoms. The molecular formula is C20H29NO4. The predicted octanol–water partition coefficient (Wildman–Crippen LogP) is 1.34. The molecule has 1 heterocycles. The standard InChI is InChI=1S/C20H29NO4/c1-21-6-5-20-12-15(25-8-7-22)11-18(23)19(20)17(21)9-13-3-4-14(24-2)10-16(13)20/h3-4,10,15,17-19,22-23H,5-9,11-12H2,1-2H3. The molecule has 1 aromatic carbocycles. The first-order valence-corrected chi connectivity index (χ1v) is 9.37. The summed E-state index contributed by atoms with van der Waals surface area (Å²) >= 11 is 0. The minimum Gasteiger partial charge on any atom is -0.497 e. The van der Waals surface area contributed by atoms with E-state index in [1.807, 2.05) is 6.07 Å². The van der Waals surface area contributed by atoms with E-state index in [9.17, 15) is 5.11 Å². The Labute approximate surface area is 149 Å². The van der Waals surface area contributed by atoms with Gasteiger partial charge in [-0.05, 0) is 62.5 Å². The molecule has 1 saturated carbocycles. The van der Waals surface area contributed by atoms with Gasteiger partial charge in [-0.3, -0.25) is 0 Å². The summed E-state index contributed by atoms with van der Waals surface area (Å²) in [6.07, 6.45) is 3.22. The highest BCUT2D eigenvalue weighted by atomic mass is 16.5. The van der Waals surface area contributed by atoms with Crippen molar-refractivity contribution >= 4 is 0 Å². The van der Waals surface area contributed by atoms with Crippen molar-refractivity contribution in [3.8, 4) is 5.75 Å². The first-order valence-electron chi connectivity index (χ1n) is 9.37. The molecule has 0 amide bonds. The van der Waals surface area contributed by atoms with Crippen molar-refractivity contribution in [3.63, 3.8) is 0 Å². The second-order valence-electron chi connectivity index (χ2n) is 7.93. The largest absolute Gasteiger partial charge is 0.497 e. The Kier molecular flexibility index (Phi) is 4.52. The average Bonchev–Trinajstić information content (AvgIpc) is 2.62. The van der Waals surface area contributed by atoms with Gasteiger partial charge in [0, 0.05) is 17.4 Å². The topological polar surface area (TPSA) is 62.2 Å². The van der Waals surface area contributed by atoms with Gasteiger partial charge < -0.3 is 24.6 Å². The van der Waals surface area contributed by atoms with E-state index in [0.29, 0.717) is 19.1 Å². The number of hydrogen-bond acceptors (Lipinski definition) is 5. The van der Waals surface area contributed by atoms with Gasteiger partial charge in [0.15, 0.2) is 0 Å². The van der Waals surface area contributed by atoms with Crippen molar-refractivity contribution in [3.05, 3.63) is 29.3 Å². The van der Waals surface area contributed by atoms with Gasteiger partial charge in [0.2, 0.25) is 0 Å². The summed E-state index contributed by atoms with van der Waals surface area (Å²) in [6, 6.07) is 6.81. The highest BCUT2D eigenvalue weighted by molar-refractivity contribution is 5.46. The number of likely N-dealkylation sites (N-methyl/N-ethyl adjacent to an activating group) is 1. The fraction of sp³-hybridized carbons (Fsp3) is 0.700. The minimum absolute atomic E-state index is 0.000364. The quantitative estimate of drug-likeness (QED) is 0.861. The molecule has 1 aromatic rings. The lowest BCUT2D eigenvalue weighted by molar-refractivity contribution is -0.127. The molecule has 2 aliphatic carbocycles. The molecule has 2 fully saturated rings. The second-order valence-corrected chi connectivity index (χ2v) is 7.93. The molecule has 4 rings (SSSR count). The van der Waals surface area contributed by atoms with E-state index < -0.39 is 0 Å². The van der Waals surface area contributed by atoms with Gasteiger partial charge in [-0.2, -0.15) is 0 Å². The maximum Gasteiger partial charge on any atom is 0.119 e. The third kappa shape index (κ3) is 2.69. The van der Waals surface area contributed by atoms with Crippen LogP contribution in [-0.2, 0) is 16.6 Å². The molecule has 3 aliphatic rings. The van der Waals surface area contributed by atoms with Crippen LogP contribution >= 0.6 is 0 Å². The summed E-state index contributed by atoms with van der Waals surface area (Å²) in [5, 5.41) is 20.2. The van der Waals surface area contributed by atoms with Gasteiger partial charge in [0.05, 0.1) is 32.5 Å². The zero-order valence-electron chi connectivity index (χ0n) is 15.1. The van der Waals surface area contributed by atoms with Crippen molar-refractivity contribution in [2.24, 2.45) is 5.92 Å². The van der Waals surface area contributed by atoms with Crippen LogP contribution in [0.5, 0.6) is 5.75 Å². The Bertz CT molecular complexity index is 636. The molecule has 2 bridgehead atoms. The van der Waals surface area contributed by atoms with E-state index in [4.69, 9.17) is 14.6 Å². The lowest BCUT2D eigenvalue weighted by Gasteiger charge is -2.60. The zero-order valence-corrected chi connectivity index (χ0v) is 15.1. The maximum absolute atomic E-state index is 11.0. The normalized spacial score (nSPS) is 37.3. The number of aliphatic hydroxyl groups excluding tert-OH is 2. The van der Waals surface area contributed by atoms with E-state index in [1.165, 1.54) is 11.1 Å². The SMILES string of the molecule is COc1ccc2c(c1)C13CCN(C)C(C2)C1C(O)CC(OCCO)C3. The fourth-order valence-electron chi connectivity index (χ4n) is 5.72. The summed E-state index contributed by atoms with van der Waals surface area (Å²) in [5.74, 6) is 1.12. The monoisotopic (exact) mass is 347 g/mol. The van der Waals surface area contributed by atoms with E-state index in [-0.39, 0.29) is 30.1 Å². The highest BCUT2D eigenvalue weighted by Gasteiger charge is 2.58. The molecule has 1 saturated heterocycles. The van der Waals surface area contributed by atoms with E-state index in [0.717, 1.165) is 31.6 Å². The molecular weight excluding hydrogens is 318 g/mol. The third-order valence-electron chi connectivity index (χ3n) is 6.77. The van der Waals surface area contributed by atoms with Crippen LogP contribution in [0.4, 0.5) is 0 Å². The van der Waals surface area contributed by atoms with E-state index >= 15 is 0 Å². The lowest BCUT2D eigenvalue weighted by Crippen LogP contribution is -2.65. The molecule has 5 unspecified atom stereocenters. The summed E-state index contributed by atoms with van der Waals surface area (Å²) in [6.45, 7) is 1.41. The first kappa shape index (κ1) is 17.3. The molecule has 0 spiro atoms. The summed E-state index contributed by atoms with van der Waals surface area (Å²) in [4.78, 5) is 2.42. The fourth-order valence-corrected chi connectivity index (χ4v) is 5.72. The van der Waals surface area contributed by atoms with Gasteiger partial charge in [0.25, 0.3) is 0 Å². The van der Waals surface area contributed by atoms with Gasteiger partial charge in [-0.25, -0.2) is 0 Å². The van der Waals surface area contributed by atoms with Crippen LogP contribution in [0.15, 0.2) is 18.2 Å². The van der Waals surface area contributed by atoms with E-state index in [2.05, 4.69) is 24.1 Å². The minimum atomic E-state index is -0.371. The van der Waals surface area contributed by atoms with Crippen LogP contribution in [0.3, 0.4) is 0 Å². The molecule has 5 heteroatoms. The van der Waals surface area contributed by atoms with Crippen LogP contribution in [0.1, 0.15) is 30.4 Å². The predicted molar refractivity (Wildman–Crippen MR) is 95.0 cm³/mol. The average molecular weight is 347 g/mol. The molecule has 0 aromatic heterocycles. The van der Waals surface area contributed by atoms with Crippen LogP contribution < -0.4 is 4.74 Å². The van der Waals surface area contributed by atoms with Crippen molar-refractivity contribution in [1.82, 2.24) is 4.90 Å². The second kappa shape index (κ2) is 6.54. The number of likely N-dealkylation sites (tertiary alicyclic amines) is 1. The molecule has 5 atom stereocenters. The number of aliphatic hydroxyl groups is 2. The van der Waals surface area contributed by atoms with Crippen LogP contribution in [-0.4, -0.2) is 67.3 Å². The van der Waals surface area contributed by atoms with Gasteiger partial charge in [0.1, 0.15) is 5.75 Å². The van der Waals surface area contributed by atoms with Crippen LogP contribution in [0.25, 0.3) is 0 Å². The van der Waals surface area contributed by atoms with Gasteiger partial charge in [-0.15, -0.1) is 0 Å². The number of ether oxygens (including phenoxy) is 2. The molecule has 1 aliphatic heterocycles. The number of nitrogens with zero attached hydrogens (tertiary/aromatic N) is 1. The smallest absolute Gasteiger partial charge is 0.119 e. The number of methoxy groups -OCH3 is 1. The number of piperidine rings is 1. The number of benzene rings is 1. The van der Waals surface area contributed by atoms with Crippen molar-refractivity contribution in [2.75, 3.05) is 33.9 Å². The number of rotatable bonds is 4. The summed E-state index contributed by atoms with van der Waals surface area (Å²) in [7, 11) is 3.89. The van der Waals surface area contributed by atoms with Crippen molar-refractivity contribution in [2.45, 2.75) is 49.3 Å². The highest BCUT2D eigenvalue weighted by Crippen LogP contribution is 2.56. The van der Waals surface area contributed by atoms with Gasteiger partial charge >= 0.3 is 0 Å². The Balaban J connectivity index is 1.79. The Morgan fingerprint density at radius 1 is 1.36 bits per heavy atom. The Morgan fingerprint density at radius 2 is 2.20 bits per heavy atom. The Hall–Kier alpha value is -1.14. The van der Waals surface area contributed by atoms with Crippen LogP contribution in [0, 0.1) is 5.92 Å². The summed E-state index contributed by atoms with van der Waals surface area (Å²) < 4.78 is 11.4. The number of fused-ring (bicyclic) bond motifs is 1. The first-order chi connectivity index (χ1) is 12.1. The third-order valence-corrected chi connectivity index (χ3v) is 6.77. The zero-order chi connectivity index (χ0) is 17.6. The van der Waals surface area contributed by atoms with Gasteiger partial charge in [-0.1, -0.05) is 6.07 Å². The Morgan fingerprint density at radius 3 is 2.96 bits per heavy atom. The maximum atomic E-state index is 11.0. The molecule has 0 radical (unpaired) electrons. The molecule has 2 N–H and O–H groups in total. The van der Waals surface area contributed by atoms with E-state index in [1.54, 1.807) is 7.11 Å². The lowest BCUT2D eigenvalue weighted by atomic mass is 9.51. The van der Waals surface area contributed by atoms with Crippen molar-refractivity contribution < 1.29 is 19.7 Å². The van der Waals surface area contributed by atoms with Crippen LogP contribution in [0.2, 0.25) is 0 Å². The number of hydrogen-bond donors (Lipinski definition) is 2. The van der Waals surface area contributed by atoms with Crippen molar-refractivity contribution in [1.29, 1.82) is 0 Å². The molecule has 5 nitrogen and oxygen atoms in total. The molecule has 138 valence electrons.